The smallest absolute Gasteiger partial charge is 0.407 e. The van der Waals surface area contributed by atoms with Crippen LogP contribution in [0.5, 0.6) is 0 Å². The zero-order chi connectivity index (χ0) is 37.8. The number of hydrogen-bond donors (Lipinski definition) is 4. The number of alkyl carbamates (subject to hydrolysis) is 2. The molecule has 4 aromatic rings. The lowest BCUT2D eigenvalue weighted by molar-refractivity contribution is -0.136. The molecule has 0 saturated carbocycles. The fourth-order valence-electron chi connectivity index (χ4n) is 7.09. The van der Waals surface area contributed by atoms with E-state index < -0.39 is 24.3 Å². The van der Waals surface area contributed by atoms with Crippen LogP contribution in [0.3, 0.4) is 0 Å². The number of aromatic amines is 2. The molecule has 0 radical (unpaired) electrons. The SMILES string of the molecule is COC(=O)N[C@H](C(=O)N1CCC[C@@H]1c1nc2ccc(/C=C/c3ccc(-c4cnc([C@@H]5CCCN5C(=O)[C@H](NC(=O)OC)C(C)C)[nH]4)s3)cc2[nH]1)C(C)C. The molecule has 2 aliphatic rings. The molecule has 2 saturated heterocycles. The molecule has 14 nitrogen and oxygen atoms in total. The molecule has 5 heterocycles. The van der Waals surface area contributed by atoms with Crippen molar-refractivity contribution in [3.8, 4) is 10.6 Å². The van der Waals surface area contributed by atoms with Gasteiger partial charge in [0.15, 0.2) is 0 Å². The highest BCUT2D eigenvalue weighted by Gasteiger charge is 2.39. The molecule has 4 amide bonds. The van der Waals surface area contributed by atoms with E-state index in [-0.39, 0.29) is 35.7 Å². The summed E-state index contributed by atoms with van der Waals surface area (Å²) in [5, 5.41) is 5.39. The zero-order valence-corrected chi connectivity index (χ0v) is 31.8. The van der Waals surface area contributed by atoms with E-state index in [2.05, 4.69) is 49.9 Å². The van der Waals surface area contributed by atoms with Crippen LogP contribution in [0.15, 0.2) is 36.5 Å². The number of methoxy groups -OCH3 is 2. The van der Waals surface area contributed by atoms with E-state index in [0.717, 1.165) is 69.4 Å². The van der Waals surface area contributed by atoms with Crippen molar-refractivity contribution in [1.82, 2.24) is 40.4 Å². The number of imidazole rings is 2. The fraction of sp³-hybridized carbons (Fsp3) is 0.474. The van der Waals surface area contributed by atoms with Gasteiger partial charge >= 0.3 is 12.2 Å². The van der Waals surface area contributed by atoms with Crippen molar-refractivity contribution in [1.29, 1.82) is 0 Å². The summed E-state index contributed by atoms with van der Waals surface area (Å²) < 4.78 is 9.50. The number of nitrogens with zero attached hydrogens (tertiary/aromatic N) is 4. The lowest BCUT2D eigenvalue weighted by Crippen LogP contribution is -2.51. The Bertz CT molecular complexity index is 1980. The fourth-order valence-corrected chi connectivity index (χ4v) is 7.97. The van der Waals surface area contributed by atoms with Gasteiger partial charge in [0.2, 0.25) is 11.8 Å². The van der Waals surface area contributed by atoms with Gasteiger partial charge in [0, 0.05) is 18.0 Å². The largest absolute Gasteiger partial charge is 0.453 e. The van der Waals surface area contributed by atoms with Crippen molar-refractivity contribution < 1.29 is 28.7 Å². The number of thiophene rings is 1. The second-order valence-electron chi connectivity index (χ2n) is 14.2. The number of hydrogen-bond acceptors (Lipinski definition) is 9. The Kier molecular flexibility index (Phi) is 11.5. The number of aromatic nitrogens is 4. The third-order valence-electron chi connectivity index (χ3n) is 9.94. The standard InChI is InChI=1S/C38H48N8O6S/c1-21(2)31(43-37(49)51-5)35(47)45-17-7-9-28(45)33-39-20-27(42-33)30-16-14-24(53-30)13-11-23-12-15-25-26(19-23)41-34(40-25)29-10-8-18-46(29)36(48)32(22(3)4)44-38(50)52-6/h11-16,19-22,28-29,31-32H,7-10,17-18H2,1-6H3,(H,39,42)(H,40,41)(H,43,49)(H,44,50)/b13-11+/t28-,29+,31+,32-/m0/s1. The van der Waals surface area contributed by atoms with Crippen molar-refractivity contribution in [2.75, 3.05) is 27.3 Å². The molecule has 2 fully saturated rings. The quantitative estimate of drug-likeness (QED) is 0.139. The van der Waals surface area contributed by atoms with Crippen LogP contribution in [0.2, 0.25) is 0 Å². The van der Waals surface area contributed by atoms with Gasteiger partial charge in [0.05, 0.1) is 54.1 Å². The lowest BCUT2D eigenvalue weighted by Gasteiger charge is -2.30. The van der Waals surface area contributed by atoms with E-state index in [1.165, 1.54) is 14.2 Å². The van der Waals surface area contributed by atoms with Crippen LogP contribution < -0.4 is 10.6 Å². The molecule has 282 valence electrons. The summed E-state index contributed by atoms with van der Waals surface area (Å²) in [7, 11) is 2.58. The van der Waals surface area contributed by atoms with Crippen LogP contribution in [0.25, 0.3) is 33.8 Å². The summed E-state index contributed by atoms with van der Waals surface area (Å²) in [6.45, 7) is 8.79. The first-order valence-electron chi connectivity index (χ1n) is 18.1. The van der Waals surface area contributed by atoms with Crippen molar-refractivity contribution in [3.63, 3.8) is 0 Å². The minimum absolute atomic E-state index is 0.103. The number of carbonyl (C=O) groups excluding carboxylic acids is 4. The van der Waals surface area contributed by atoms with Gasteiger partial charge in [-0.15, -0.1) is 11.3 Å². The molecule has 0 unspecified atom stereocenters. The number of nitrogens with one attached hydrogen (secondary N) is 4. The molecule has 0 aliphatic carbocycles. The predicted octanol–water partition coefficient (Wildman–Crippen LogP) is 6.27. The van der Waals surface area contributed by atoms with Gasteiger partial charge in [-0.2, -0.15) is 0 Å². The Morgan fingerprint density at radius 2 is 1.43 bits per heavy atom. The molecule has 0 spiro atoms. The summed E-state index contributed by atoms with van der Waals surface area (Å²) >= 11 is 1.63. The Balaban J connectivity index is 1.12. The maximum atomic E-state index is 13.6. The van der Waals surface area contributed by atoms with Gasteiger partial charge in [-0.05, 0) is 73.4 Å². The lowest BCUT2D eigenvalue weighted by atomic mass is 10.0. The maximum Gasteiger partial charge on any atom is 0.407 e. The molecule has 2 aliphatic heterocycles. The van der Waals surface area contributed by atoms with Crippen LogP contribution in [0.1, 0.15) is 87.6 Å². The summed E-state index contributed by atoms with van der Waals surface area (Å²) in [5.74, 6) is 0.974. The number of amides is 4. The van der Waals surface area contributed by atoms with E-state index in [4.69, 9.17) is 14.5 Å². The average Bonchev–Trinajstić information content (AvgIpc) is 3.98. The first-order chi connectivity index (χ1) is 25.5. The maximum absolute atomic E-state index is 13.6. The Morgan fingerprint density at radius 3 is 2.02 bits per heavy atom. The highest BCUT2D eigenvalue weighted by atomic mass is 32.1. The summed E-state index contributed by atoms with van der Waals surface area (Å²) in [6, 6.07) is 8.37. The normalized spacial score (nSPS) is 18.6. The number of carbonyl (C=O) groups is 4. The van der Waals surface area contributed by atoms with E-state index in [0.29, 0.717) is 13.1 Å². The Morgan fingerprint density at radius 1 is 0.830 bits per heavy atom. The van der Waals surface area contributed by atoms with Gasteiger partial charge in [-0.25, -0.2) is 19.6 Å². The Labute approximate surface area is 312 Å². The number of likely N-dealkylation sites (tertiary alicyclic amines) is 2. The molecular formula is C38H48N8O6S. The molecule has 4 atom stereocenters. The highest BCUT2D eigenvalue weighted by Crippen LogP contribution is 2.35. The minimum Gasteiger partial charge on any atom is -0.453 e. The topological polar surface area (TPSA) is 175 Å². The number of rotatable bonds is 11. The number of H-pyrrole nitrogens is 2. The summed E-state index contributed by atoms with van der Waals surface area (Å²) in [5.41, 5.74) is 3.58. The van der Waals surface area contributed by atoms with Crippen LogP contribution >= 0.6 is 11.3 Å². The van der Waals surface area contributed by atoms with E-state index in [1.807, 2.05) is 61.9 Å². The summed E-state index contributed by atoms with van der Waals surface area (Å²) in [6.07, 6.45) is 7.95. The molecule has 15 heteroatoms. The van der Waals surface area contributed by atoms with Gasteiger partial charge in [-0.1, -0.05) is 39.8 Å². The molecule has 6 rings (SSSR count). The van der Waals surface area contributed by atoms with Crippen molar-refractivity contribution in [2.45, 2.75) is 77.5 Å². The third-order valence-corrected chi connectivity index (χ3v) is 11.0. The average molecular weight is 745 g/mol. The van der Waals surface area contributed by atoms with Crippen LogP contribution in [-0.2, 0) is 19.1 Å². The van der Waals surface area contributed by atoms with E-state index in [1.54, 1.807) is 11.3 Å². The highest BCUT2D eigenvalue weighted by molar-refractivity contribution is 7.16. The first-order valence-corrected chi connectivity index (χ1v) is 18.9. The van der Waals surface area contributed by atoms with Crippen LogP contribution in [-0.4, -0.2) is 93.1 Å². The second kappa shape index (κ2) is 16.2. The van der Waals surface area contributed by atoms with E-state index in [9.17, 15) is 19.2 Å². The molecule has 1 aromatic carbocycles. The van der Waals surface area contributed by atoms with Gasteiger partial charge in [0.1, 0.15) is 23.7 Å². The predicted molar refractivity (Wildman–Crippen MR) is 203 cm³/mol. The van der Waals surface area contributed by atoms with Gasteiger partial charge in [-0.3, -0.25) is 9.59 Å². The van der Waals surface area contributed by atoms with Crippen molar-refractivity contribution in [2.24, 2.45) is 11.8 Å². The first kappa shape index (κ1) is 37.6. The second-order valence-corrected chi connectivity index (χ2v) is 15.3. The third kappa shape index (κ3) is 8.24. The molecular weight excluding hydrogens is 697 g/mol. The number of fused-ring (bicyclic) bond motifs is 1. The van der Waals surface area contributed by atoms with Crippen LogP contribution in [0.4, 0.5) is 9.59 Å². The van der Waals surface area contributed by atoms with E-state index >= 15 is 0 Å². The summed E-state index contributed by atoms with van der Waals surface area (Å²) in [4.78, 5) is 73.1. The zero-order valence-electron chi connectivity index (χ0n) is 31.0. The monoisotopic (exact) mass is 744 g/mol. The molecule has 53 heavy (non-hydrogen) atoms. The molecule has 3 aromatic heterocycles. The van der Waals surface area contributed by atoms with Crippen molar-refractivity contribution >= 4 is 58.5 Å². The Hall–Kier alpha value is -5.18. The number of benzene rings is 1. The minimum atomic E-state index is -0.688. The van der Waals surface area contributed by atoms with Gasteiger partial charge in [0.25, 0.3) is 0 Å². The number of ether oxygens (including phenoxy) is 2. The molecule has 4 N–H and O–H groups in total. The van der Waals surface area contributed by atoms with Crippen molar-refractivity contribution in [3.05, 3.63) is 58.6 Å². The molecule has 0 bridgehead atoms. The van der Waals surface area contributed by atoms with Gasteiger partial charge < -0.3 is 39.9 Å². The van der Waals surface area contributed by atoms with Crippen LogP contribution in [0, 0.1) is 11.8 Å².